The molecule has 0 bridgehead atoms. The molecule has 0 heterocycles. The lowest BCUT2D eigenvalue weighted by Crippen LogP contribution is -2.44. The van der Waals surface area contributed by atoms with E-state index in [1.807, 2.05) is 0 Å². The molecule has 0 atom stereocenters. The van der Waals surface area contributed by atoms with Crippen LogP contribution in [0.4, 0.5) is 0 Å². The number of hydrogen-bond donors (Lipinski definition) is 4. The molecule has 0 aliphatic rings. The van der Waals surface area contributed by atoms with E-state index in [2.05, 4.69) is 22.9 Å². The molecule has 178 valence electrons. The van der Waals surface area contributed by atoms with Gasteiger partial charge in [-0.2, -0.15) is 0 Å². The quantitative estimate of drug-likeness (QED) is 0.0648. The number of thiocarbonyl (C=S) groups is 1. The highest BCUT2D eigenvalue weighted by atomic mass is 32.1. The Labute approximate surface area is 193 Å². The fraction of sp³-hybridized carbons (Fsp3) is 0.920. The molecule has 30 heavy (non-hydrogen) atoms. The number of unbranched alkanes of at least 4 members (excludes halogenated alkanes) is 19. The van der Waals surface area contributed by atoms with Crippen molar-refractivity contribution in [2.24, 2.45) is 0 Å². The Kier molecular flexibility index (Phi) is 23.7. The largest absolute Gasteiger partial charge is 0.365 e. The predicted octanol–water partition coefficient (Wildman–Crippen LogP) is 7.43. The van der Waals surface area contributed by atoms with Crippen LogP contribution >= 0.6 is 12.2 Å². The molecule has 0 radical (unpaired) electrons. The van der Waals surface area contributed by atoms with Gasteiger partial charge >= 0.3 is 0 Å². The predicted molar refractivity (Wildman–Crippen MR) is 139 cm³/mol. The Morgan fingerprint density at radius 2 is 0.933 bits per heavy atom. The Morgan fingerprint density at radius 1 is 0.600 bits per heavy atom. The zero-order valence-electron chi connectivity index (χ0n) is 20.3. The number of guanidine groups is 1. The van der Waals surface area contributed by atoms with Gasteiger partial charge in [0.15, 0.2) is 11.1 Å². The SMILES string of the molecule is CCCCCCCCCCCCCCCCCCCCCCNC(=N)NC(=S)NC. The first-order valence-electron chi connectivity index (χ1n) is 13.0. The molecule has 5 heteroatoms. The molecule has 0 rings (SSSR count). The van der Waals surface area contributed by atoms with Gasteiger partial charge in [-0.1, -0.05) is 129 Å². The molecule has 0 amide bonds. The summed E-state index contributed by atoms with van der Waals surface area (Å²) < 4.78 is 0. The fourth-order valence-corrected chi connectivity index (χ4v) is 3.92. The first-order chi connectivity index (χ1) is 14.7. The topological polar surface area (TPSA) is 59.9 Å². The standard InChI is InChI=1S/C25H52N4S/c1-3-4-5-6-7-8-9-10-11-12-13-14-15-16-17-18-19-20-21-22-23-28-24(26)29-25(30)27-2/h3-23H2,1-2H3,(H4,26,27,28,29,30). The van der Waals surface area contributed by atoms with Gasteiger partial charge in [-0.15, -0.1) is 0 Å². The van der Waals surface area contributed by atoms with Crippen LogP contribution in [0.5, 0.6) is 0 Å². The molecular weight excluding hydrogens is 388 g/mol. The molecule has 0 saturated heterocycles. The second-order valence-electron chi connectivity index (χ2n) is 8.72. The maximum atomic E-state index is 7.69. The maximum Gasteiger partial charge on any atom is 0.194 e. The summed E-state index contributed by atoms with van der Waals surface area (Å²) in [5.41, 5.74) is 0. The highest BCUT2D eigenvalue weighted by Gasteiger charge is 1.98. The highest BCUT2D eigenvalue weighted by molar-refractivity contribution is 7.80. The van der Waals surface area contributed by atoms with Crippen LogP contribution in [0.1, 0.15) is 135 Å². The monoisotopic (exact) mass is 440 g/mol. The molecule has 0 aromatic heterocycles. The molecule has 0 unspecified atom stereocenters. The summed E-state index contributed by atoms with van der Waals surface area (Å²) in [6, 6.07) is 0. The van der Waals surface area contributed by atoms with Gasteiger partial charge in [-0.05, 0) is 18.6 Å². The highest BCUT2D eigenvalue weighted by Crippen LogP contribution is 2.14. The minimum atomic E-state index is 0.284. The van der Waals surface area contributed by atoms with E-state index < -0.39 is 0 Å². The smallest absolute Gasteiger partial charge is 0.194 e. The van der Waals surface area contributed by atoms with E-state index in [-0.39, 0.29) is 5.96 Å². The minimum Gasteiger partial charge on any atom is -0.365 e. The van der Waals surface area contributed by atoms with Crippen molar-refractivity contribution in [3.63, 3.8) is 0 Å². The summed E-state index contributed by atoms with van der Waals surface area (Å²) in [6.45, 7) is 3.14. The van der Waals surface area contributed by atoms with Crippen LogP contribution in [0.25, 0.3) is 0 Å². The summed E-state index contributed by atoms with van der Waals surface area (Å²) >= 11 is 4.96. The lowest BCUT2D eigenvalue weighted by Gasteiger charge is -2.10. The third-order valence-electron chi connectivity index (χ3n) is 5.80. The summed E-state index contributed by atoms with van der Waals surface area (Å²) in [7, 11) is 1.75. The van der Waals surface area contributed by atoms with E-state index in [4.69, 9.17) is 17.6 Å². The van der Waals surface area contributed by atoms with Crippen molar-refractivity contribution in [1.29, 1.82) is 5.41 Å². The van der Waals surface area contributed by atoms with Gasteiger partial charge in [0.05, 0.1) is 0 Å². The third kappa shape index (κ3) is 23.4. The normalized spacial score (nSPS) is 10.7. The van der Waals surface area contributed by atoms with Crippen LogP contribution in [-0.4, -0.2) is 24.7 Å². The van der Waals surface area contributed by atoms with Crippen LogP contribution in [0, 0.1) is 5.41 Å². The molecule has 0 aromatic carbocycles. The number of rotatable bonds is 21. The van der Waals surface area contributed by atoms with Gasteiger partial charge in [0.2, 0.25) is 0 Å². The Morgan fingerprint density at radius 3 is 1.27 bits per heavy atom. The van der Waals surface area contributed by atoms with Gasteiger partial charge < -0.3 is 16.0 Å². The summed E-state index contributed by atoms with van der Waals surface area (Å²) in [6.07, 6.45) is 28.1. The average molecular weight is 441 g/mol. The third-order valence-corrected chi connectivity index (χ3v) is 6.10. The number of hydrogen-bond acceptors (Lipinski definition) is 2. The Hall–Kier alpha value is -0.840. The zero-order valence-corrected chi connectivity index (χ0v) is 21.1. The van der Waals surface area contributed by atoms with Crippen molar-refractivity contribution >= 4 is 23.3 Å². The first-order valence-corrected chi connectivity index (χ1v) is 13.4. The Balaban J connectivity index is 3.10. The van der Waals surface area contributed by atoms with Crippen molar-refractivity contribution in [3.05, 3.63) is 0 Å². The van der Waals surface area contributed by atoms with Crippen LogP contribution in [0.3, 0.4) is 0 Å². The van der Waals surface area contributed by atoms with Gasteiger partial charge in [0.25, 0.3) is 0 Å². The zero-order chi connectivity index (χ0) is 22.1. The van der Waals surface area contributed by atoms with Gasteiger partial charge in [0.1, 0.15) is 0 Å². The maximum absolute atomic E-state index is 7.69. The lowest BCUT2D eigenvalue weighted by molar-refractivity contribution is 0.521. The van der Waals surface area contributed by atoms with Crippen molar-refractivity contribution in [3.8, 4) is 0 Å². The van der Waals surface area contributed by atoms with Crippen LogP contribution in [-0.2, 0) is 0 Å². The number of nitrogens with one attached hydrogen (secondary N) is 4. The molecule has 0 spiro atoms. The average Bonchev–Trinajstić information content (AvgIpc) is 2.74. The fourth-order valence-electron chi connectivity index (χ4n) is 3.81. The van der Waals surface area contributed by atoms with E-state index in [0.29, 0.717) is 5.11 Å². The van der Waals surface area contributed by atoms with Gasteiger partial charge in [-0.3, -0.25) is 5.41 Å². The lowest BCUT2D eigenvalue weighted by atomic mass is 10.0. The van der Waals surface area contributed by atoms with Crippen molar-refractivity contribution < 1.29 is 0 Å². The molecule has 0 aliphatic carbocycles. The van der Waals surface area contributed by atoms with Gasteiger partial charge in [0, 0.05) is 13.6 Å². The van der Waals surface area contributed by atoms with E-state index in [9.17, 15) is 0 Å². The molecule has 0 saturated carbocycles. The van der Waals surface area contributed by atoms with Crippen molar-refractivity contribution in [2.75, 3.05) is 13.6 Å². The second-order valence-corrected chi connectivity index (χ2v) is 9.13. The van der Waals surface area contributed by atoms with Crippen molar-refractivity contribution in [2.45, 2.75) is 135 Å². The van der Waals surface area contributed by atoms with Crippen LogP contribution < -0.4 is 16.0 Å². The first kappa shape index (κ1) is 29.2. The summed E-state index contributed by atoms with van der Waals surface area (Å²) in [5, 5.41) is 16.8. The van der Waals surface area contributed by atoms with Crippen LogP contribution in [0.2, 0.25) is 0 Å². The summed E-state index contributed by atoms with van der Waals surface area (Å²) in [5.74, 6) is 0.284. The molecule has 0 fully saturated rings. The van der Waals surface area contributed by atoms with Crippen LogP contribution in [0.15, 0.2) is 0 Å². The molecule has 4 nitrogen and oxygen atoms in total. The van der Waals surface area contributed by atoms with Gasteiger partial charge in [-0.25, -0.2) is 0 Å². The Bertz CT molecular complexity index is 387. The molecule has 0 aliphatic heterocycles. The molecular formula is C25H52N4S. The van der Waals surface area contributed by atoms with E-state index in [1.54, 1.807) is 7.05 Å². The van der Waals surface area contributed by atoms with E-state index in [0.717, 1.165) is 13.0 Å². The molecule has 0 aromatic rings. The van der Waals surface area contributed by atoms with Crippen molar-refractivity contribution in [1.82, 2.24) is 16.0 Å². The molecule has 4 N–H and O–H groups in total. The summed E-state index contributed by atoms with van der Waals surface area (Å²) in [4.78, 5) is 0. The van der Waals surface area contributed by atoms with E-state index in [1.165, 1.54) is 122 Å². The minimum absolute atomic E-state index is 0.284. The second kappa shape index (κ2) is 24.4. The van der Waals surface area contributed by atoms with E-state index >= 15 is 0 Å².